The van der Waals surface area contributed by atoms with Gasteiger partial charge in [0.05, 0.1) is 6.10 Å². The molecule has 5 heteroatoms. The van der Waals surface area contributed by atoms with Gasteiger partial charge in [-0.1, -0.05) is 0 Å². The van der Waals surface area contributed by atoms with Gasteiger partial charge in [-0.05, 0) is 49.4 Å². The van der Waals surface area contributed by atoms with Crippen molar-refractivity contribution in [3.05, 3.63) is 30.1 Å². The summed E-state index contributed by atoms with van der Waals surface area (Å²) in [5, 5.41) is 0. The minimum atomic E-state index is -0.316. The Balaban J connectivity index is 1.39. The van der Waals surface area contributed by atoms with E-state index in [9.17, 15) is 9.18 Å². The minimum Gasteiger partial charge on any atom is -0.484 e. The van der Waals surface area contributed by atoms with Crippen molar-refractivity contribution in [2.45, 2.75) is 25.4 Å². The lowest BCUT2D eigenvalue weighted by Crippen LogP contribution is -2.34. The molecule has 114 valence electrons. The average molecular weight is 293 g/mol. The van der Waals surface area contributed by atoms with Crippen LogP contribution < -0.4 is 4.74 Å². The fraction of sp³-hybridized carbons (Fsp3) is 0.562. The Bertz CT molecular complexity index is 487. The van der Waals surface area contributed by atoms with E-state index in [1.165, 1.54) is 37.1 Å². The van der Waals surface area contributed by atoms with Gasteiger partial charge in [0.25, 0.3) is 5.91 Å². The van der Waals surface area contributed by atoms with E-state index in [0.717, 1.165) is 25.5 Å². The molecule has 1 aromatic carbocycles. The highest BCUT2D eigenvalue weighted by molar-refractivity contribution is 5.78. The molecule has 4 nitrogen and oxygen atoms in total. The summed E-state index contributed by atoms with van der Waals surface area (Å²) in [6.45, 7) is 2.19. The van der Waals surface area contributed by atoms with Crippen LogP contribution in [0.4, 0.5) is 4.39 Å². The fourth-order valence-electron chi connectivity index (χ4n) is 2.41. The van der Waals surface area contributed by atoms with Gasteiger partial charge in [0.1, 0.15) is 11.6 Å². The van der Waals surface area contributed by atoms with E-state index < -0.39 is 0 Å². The first-order chi connectivity index (χ1) is 10.2. The molecule has 1 aliphatic heterocycles. The Morgan fingerprint density at radius 2 is 2.00 bits per heavy atom. The van der Waals surface area contributed by atoms with Crippen LogP contribution in [0.15, 0.2) is 24.3 Å². The molecule has 1 amide bonds. The van der Waals surface area contributed by atoms with E-state index in [0.29, 0.717) is 12.3 Å². The molecule has 1 saturated heterocycles. The highest BCUT2D eigenvalue weighted by atomic mass is 19.1. The third kappa shape index (κ3) is 4.17. The summed E-state index contributed by atoms with van der Waals surface area (Å²) in [5.41, 5.74) is 0. The lowest BCUT2D eigenvalue weighted by atomic mass is 10.3. The van der Waals surface area contributed by atoms with E-state index in [4.69, 9.17) is 9.47 Å². The molecule has 0 bridgehead atoms. The molecule has 3 rings (SSSR count). The number of nitrogens with zero attached hydrogens (tertiary/aromatic N) is 1. The number of ether oxygens (including phenoxy) is 2. The van der Waals surface area contributed by atoms with Crippen molar-refractivity contribution in [3.8, 4) is 5.75 Å². The van der Waals surface area contributed by atoms with Gasteiger partial charge in [-0.3, -0.25) is 4.79 Å². The number of likely N-dealkylation sites (tertiary alicyclic amines) is 1. The summed E-state index contributed by atoms with van der Waals surface area (Å²) in [7, 11) is 0. The SMILES string of the molecule is O=C(COc1ccc(F)cc1)N1CC[C@H](OCC2CC2)C1. The maximum absolute atomic E-state index is 12.8. The van der Waals surface area contributed by atoms with Gasteiger partial charge < -0.3 is 14.4 Å². The lowest BCUT2D eigenvalue weighted by Gasteiger charge is -2.17. The molecule has 0 unspecified atom stereocenters. The number of hydrogen-bond acceptors (Lipinski definition) is 3. The van der Waals surface area contributed by atoms with Gasteiger partial charge in [-0.2, -0.15) is 0 Å². The van der Waals surface area contributed by atoms with Gasteiger partial charge in [0.2, 0.25) is 0 Å². The number of rotatable bonds is 6. The van der Waals surface area contributed by atoms with E-state index in [1.807, 2.05) is 0 Å². The summed E-state index contributed by atoms with van der Waals surface area (Å²) < 4.78 is 24.0. The van der Waals surface area contributed by atoms with E-state index in [-0.39, 0.29) is 24.4 Å². The molecule has 0 aromatic heterocycles. The largest absolute Gasteiger partial charge is 0.484 e. The molecule has 1 aromatic rings. The second-order valence-electron chi connectivity index (χ2n) is 5.77. The number of hydrogen-bond donors (Lipinski definition) is 0. The van der Waals surface area contributed by atoms with Crippen LogP contribution in [-0.4, -0.2) is 43.2 Å². The molecule has 1 atom stereocenters. The molecule has 0 N–H and O–H groups in total. The van der Waals surface area contributed by atoms with E-state index in [1.54, 1.807) is 4.90 Å². The first-order valence-corrected chi connectivity index (χ1v) is 7.48. The normalized spacial score (nSPS) is 21.6. The Kier molecular flexibility index (Phi) is 4.39. The molecular formula is C16H20FNO3. The smallest absolute Gasteiger partial charge is 0.260 e. The third-order valence-corrected chi connectivity index (χ3v) is 3.94. The van der Waals surface area contributed by atoms with Crippen LogP contribution in [0, 0.1) is 11.7 Å². The van der Waals surface area contributed by atoms with Crippen molar-refractivity contribution in [1.82, 2.24) is 4.90 Å². The molecule has 2 aliphatic rings. The monoisotopic (exact) mass is 293 g/mol. The van der Waals surface area contributed by atoms with Gasteiger partial charge in [0, 0.05) is 19.7 Å². The van der Waals surface area contributed by atoms with Crippen molar-refractivity contribution in [1.29, 1.82) is 0 Å². The lowest BCUT2D eigenvalue weighted by molar-refractivity contribution is -0.132. The second-order valence-corrected chi connectivity index (χ2v) is 5.77. The maximum Gasteiger partial charge on any atom is 0.260 e. The highest BCUT2D eigenvalue weighted by Crippen LogP contribution is 2.30. The molecule has 0 radical (unpaired) electrons. The van der Waals surface area contributed by atoms with Crippen LogP contribution in [0.1, 0.15) is 19.3 Å². The van der Waals surface area contributed by atoms with E-state index >= 15 is 0 Å². The molecule has 1 heterocycles. The minimum absolute atomic E-state index is 0.0129. The van der Waals surface area contributed by atoms with Crippen LogP contribution in [0.3, 0.4) is 0 Å². The number of carbonyl (C=O) groups excluding carboxylic acids is 1. The number of amides is 1. The summed E-state index contributed by atoms with van der Waals surface area (Å²) in [6, 6.07) is 5.68. The Morgan fingerprint density at radius 1 is 1.24 bits per heavy atom. The quantitative estimate of drug-likeness (QED) is 0.807. The third-order valence-electron chi connectivity index (χ3n) is 3.94. The molecule has 2 fully saturated rings. The van der Waals surface area contributed by atoms with Crippen LogP contribution in [0.5, 0.6) is 5.75 Å². The van der Waals surface area contributed by atoms with Crippen LogP contribution >= 0.6 is 0 Å². The van der Waals surface area contributed by atoms with E-state index in [2.05, 4.69) is 0 Å². The van der Waals surface area contributed by atoms with Crippen molar-refractivity contribution in [3.63, 3.8) is 0 Å². The van der Waals surface area contributed by atoms with Gasteiger partial charge in [-0.15, -0.1) is 0 Å². The summed E-state index contributed by atoms with van der Waals surface area (Å²) in [4.78, 5) is 13.8. The first-order valence-electron chi connectivity index (χ1n) is 7.48. The van der Waals surface area contributed by atoms with Crippen LogP contribution in [-0.2, 0) is 9.53 Å². The molecular weight excluding hydrogens is 273 g/mol. The van der Waals surface area contributed by atoms with Crippen LogP contribution in [0.25, 0.3) is 0 Å². The fourth-order valence-corrected chi connectivity index (χ4v) is 2.41. The van der Waals surface area contributed by atoms with Crippen molar-refractivity contribution in [2.75, 3.05) is 26.3 Å². The molecule has 1 aliphatic carbocycles. The first kappa shape index (κ1) is 14.3. The summed E-state index contributed by atoms with van der Waals surface area (Å²) >= 11 is 0. The maximum atomic E-state index is 12.8. The zero-order valence-corrected chi connectivity index (χ0v) is 12.0. The Hall–Kier alpha value is -1.62. The average Bonchev–Trinajstić information content (AvgIpc) is 3.20. The molecule has 1 saturated carbocycles. The van der Waals surface area contributed by atoms with Crippen molar-refractivity contribution >= 4 is 5.91 Å². The highest BCUT2D eigenvalue weighted by Gasteiger charge is 2.29. The van der Waals surface area contributed by atoms with Gasteiger partial charge in [0.15, 0.2) is 6.61 Å². The van der Waals surface area contributed by atoms with Gasteiger partial charge in [-0.25, -0.2) is 4.39 Å². The van der Waals surface area contributed by atoms with Crippen molar-refractivity contribution < 1.29 is 18.7 Å². The molecule has 0 spiro atoms. The van der Waals surface area contributed by atoms with Crippen molar-refractivity contribution in [2.24, 2.45) is 5.92 Å². The standard InChI is InChI=1S/C16H20FNO3/c17-13-3-5-14(6-4-13)21-11-16(19)18-8-7-15(9-18)20-10-12-1-2-12/h3-6,12,15H,1-2,7-11H2/t15-/m0/s1. The zero-order valence-electron chi connectivity index (χ0n) is 12.0. The number of halogens is 1. The Labute approximate surface area is 123 Å². The predicted octanol–water partition coefficient (Wildman–Crippen LogP) is 2.23. The summed E-state index contributed by atoms with van der Waals surface area (Å²) in [5.74, 6) is 0.891. The van der Waals surface area contributed by atoms with Gasteiger partial charge >= 0.3 is 0 Å². The predicted molar refractivity (Wildman–Crippen MR) is 75.6 cm³/mol. The number of carbonyl (C=O) groups is 1. The number of benzene rings is 1. The Morgan fingerprint density at radius 3 is 2.71 bits per heavy atom. The molecule has 21 heavy (non-hydrogen) atoms. The topological polar surface area (TPSA) is 38.8 Å². The second kappa shape index (κ2) is 6.43. The van der Waals surface area contributed by atoms with Crippen LogP contribution in [0.2, 0.25) is 0 Å². The zero-order chi connectivity index (χ0) is 14.7. The summed E-state index contributed by atoms with van der Waals surface area (Å²) in [6.07, 6.45) is 3.62.